The van der Waals surface area contributed by atoms with Crippen LogP contribution in [0.15, 0.2) is 0 Å². The molecule has 7 heteroatoms. The molecule has 0 unspecified atom stereocenters. The smallest absolute Gasteiger partial charge is 0.345 e. The van der Waals surface area contributed by atoms with Gasteiger partial charge in [-0.1, -0.05) is 13.8 Å². The molecule has 0 fully saturated rings. The van der Waals surface area contributed by atoms with Crippen LogP contribution in [-0.4, -0.2) is 36.0 Å². The number of primary amides is 1. The summed E-state index contributed by atoms with van der Waals surface area (Å²) >= 11 is 0. The Morgan fingerprint density at radius 1 is 1.21 bits per heavy atom. The van der Waals surface area contributed by atoms with Crippen LogP contribution in [0.5, 0.6) is 0 Å². The number of rotatable bonds is 10. The lowest BCUT2D eigenvalue weighted by Crippen LogP contribution is -2.40. The summed E-state index contributed by atoms with van der Waals surface area (Å²) in [4.78, 5) is 11.5. The van der Waals surface area contributed by atoms with Crippen LogP contribution in [0.4, 0.5) is 0 Å². The molecule has 0 rings (SSSR count). The fourth-order valence-corrected chi connectivity index (χ4v) is 3.77. The zero-order valence-corrected chi connectivity index (χ0v) is 13.1. The third kappa shape index (κ3) is 6.04. The minimum Gasteiger partial charge on any atom is -0.392 e. The number of carbonyl (C=O) groups is 1. The van der Waals surface area contributed by atoms with Crippen molar-refractivity contribution in [1.82, 2.24) is 0 Å². The summed E-state index contributed by atoms with van der Waals surface area (Å²) in [5.41, 5.74) is 3.95. The third-order valence-electron chi connectivity index (χ3n) is 2.65. The van der Waals surface area contributed by atoms with E-state index in [0.717, 1.165) is 0 Å². The molecule has 3 N–H and O–H groups in total. The number of amides is 1. The molecule has 6 nitrogen and oxygen atoms in total. The van der Waals surface area contributed by atoms with Crippen LogP contribution in [0, 0.1) is 5.92 Å². The van der Waals surface area contributed by atoms with Crippen LogP contribution in [0.25, 0.3) is 0 Å². The normalized spacial score (nSPS) is 15.5. The van der Waals surface area contributed by atoms with Gasteiger partial charge >= 0.3 is 7.60 Å². The lowest BCUT2D eigenvalue weighted by Gasteiger charge is -2.27. The average Bonchev–Trinajstić information content (AvgIpc) is 2.26. The van der Waals surface area contributed by atoms with Crippen LogP contribution < -0.4 is 5.73 Å². The molecule has 1 amide bonds. The number of hydrogen-bond acceptors (Lipinski definition) is 5. The minimum absolute atomic E-state index is 0.123. The monoisotopic (exact) mass is 295 g/mol. The van der Waals surface area contributed by atoms with Crippen molar-refractivity contribution >= 4 is 13.5 Å². The molecule has 0 bridgehead atoms. The Morgan fingerprint density at radius 2 is 1.68 bits per heavy atom. The fraction of sp³-hybridized carbons (Fsp3) is 0.917. The van der Waals surface area contributed by atoms with E-state index < -0.39 is 25.3 Å². The van der Waals surface area contributed by atoms with Crippen molar-refractivity contribution in [2.24, 2.45) is 11.7 Å². The molecule has 0 aliphatic heterocycles. The zero-order chi connectivity index (χ0) is 15.1. The van der Waals surface area contributed by atoms with Crippen molar-refractivity contribution < 1.29 is 23.5 Å². The molecule has 0 radical (unpaired) electrons. The molecule has 0 aliphatic rings. The van der Waals surface area contributed by atoms with E-state index in [9.17, 15) is 14.5 Å². The van der Waals surface area contributed by atoms with Gasteiger partial charge in [0.05, 0.1) is 19.3 Å². The molecule has 114 valence electrons. The van der Waals surface area contributed by atoms with Gasteiger partial charge in [-0.15, -0.1) is 0 Å². The second-order valence-electron chi connectivity index (χ2n) is 4.76. The Kier molecular flexibility index (Phi) is 8.50. The van der Waals surface area contributed by atoms with Crippen LogP contribution in [0.2, 0.25) is 0 Å². The predicted molar refractivity (Wildman–Crippen MR) is 73.9 cm³/mol. The van der Waals surface area contributed by atoms with E-state index in [1.165, 1.54) is 0 Å². The van der Waals surface area contributed by atoms with Crippen LogP contribution >= 0.6 is 7.60 Å². The lowest BCUT2D eigenvalue weighted by molar-refractivity contribution is -0.120. The molecule has 0 saturated carbocycles. The van der Waals surface area contributed by atoms with Gasteiger partial charge in [-0.3, -0.25) is 9.36 Å². The fourth-order valence-electron chi connectivity index (χ4n) is 1.78. The molecule has 0 heterocycles. The van der Waals surface area contributed by atoms with Crippen molar-refractivity contribution in [3.63, 3.8) is 0 Å². The summed E-state index contributed by atoms with van der Waals surface area (Å²) < 4.78 is 22.7. The average molecular weight is 295 g/mol. The van der Waals surface area contributed by atoms with Crippen LogP contribution in [0.3, 0.4) is 0 Å². The highest BCUT2D eigenvalue weighted by Gasteiger charge is 2.44. The first-order valence-corrected chi connectivity index (χ1v) is 8.25. The first kappa shape index (κ1) is 18.6. The maximum atomic E-state index is 12.5. The van der Waals surface area contributed by atoms with Crippen LogP contribution in [0.1, 0.15) is 40.5 Å². The summed E-state index contributed by atoms with van der Waals surface area (Å²) in [5.74, 6) is -0.497. The molecule has 0 saturated heterocycles. The van der Waals surface area contributed by atoms with Crippen molar-refractivity contribution in [2.75, 3.05) is 13.2 Å². The number of hydrogen-bond donors (Lipinski definition) is 2. The number of carbonyl (C=O) groups excluding carboxylic acids is 1. The first-order chi connectivity index (χ1) is 8.78. The second kappa shape index (κ2) is 8.69. The number of nitrogens with two attached hydrogens (primary N) is 1. The van der Waals surface area contributed by atoms with Gasteiger partial charge in [0.2, 0.25) is 5.91 Å². The number of aliphatic hydroxyl groups excluding tert-OH is 1. The summed E-state index contributed by atoms with van der Waals surface area (Å²) in [5, 5.41) is 10.1. The maximum absolute atomic E-state index is 12.5. The first-order valence-electron chi connectivity index (χ1n) is 6.64. The van der Waals surface area contributed by atoms with Gasteiger partial charge in [0.1, 0.15) is 0 Å². The standard InChI is InChI=1S/C12H26NO5P/c1-5-17-19(16,18-6-2)11(12(13)15)10(14)8-7-9(3)4/h9-11,14H,5-8H2,1-4H3,(H2,13,15)/t10-,11+/m1/s1. The third-order valence-corrected chi connectivity index (χ3v) is 5.17. The van der Waals surface area contributed by atoms with E-state index in [1.807, 2.05) is 13.8 Å². The molecular weight excluding hydrogens is 269 g/mol. The van der Waals surface area contributed by atoms with Crippen molar-refractivity contribution in [1.29, 1.82) is 0 Å². The van der Waals surface area contributed by atoms with E-state index in [-0.39, 0.29) is 13.2 Å². The van der Waals surface area contributed by atoms with Crippen LogP contribution in [-0.2, 0) is 18.4 Å². The van der Waals surface area contributed by atoms with E-state index in [2.05, 4.69) is 0 Å². The van der Waals surface area contributed by atoms with E-state index in [0.29, 0.717) is 18.8 Å². The van der Waals surface area contributed by atoms with E-state index >= 15 is 0 Å². The summed E-state index contributed by atoms with van der Waals surface area (Å²) in [6.45, 7) is 7.53. The number of aliphatic hydroxyl groups is 1. The Hall–Kier alpha value is -0.420. The van der Waals surface area contributed by atoms with Gasteiger partial charge in [0, 0.05) is 0 Å². The summed E-state index contributed by atoms with van der Waals surface area (Å²) in [6, 6.07) is 0. The van der Waals surface area contributed by atoms with Gasteiger partial charge < -0.3 is 19.9 Å². The predicted octanol–water partition coefficient (Wildman–Crippen LogP) is 1.90. The highest BCUT2D eigenvalue weighted by atomic mass is 31.2. The Balaban J connectivity index is 5.03. The van der Waals surface area contributed by atoms with Gasteiger partial charge in [0.25, 0.3) is 0 Å². The summed E-state index contributed by atoms with van der Waals surface area (Å²) in [6.07, 6.45) is -0.0951. The van der Waals surface area contributed by atoms with Crippen molar-refractivity contribution in [3.05, 3.63) is 0 Å². The quantitative estimate of drug-likeness (QED) is 0.600. The van der Waals surface area contributed by atoms with Gasteiger partial charge in [0.15, 0.2) is 5.66 Å². The maximum Gasteiger partial charge on any atom is 0.345 e. The summed E-state index contributed by atoms with van der Waals surface area (Å²) in [7, 11) is -3.73. The zero-order valence-electron chi connectivity index (χ0n) is 12.2. The molecule has 0 aromatic rings. The van der Waals surface area contributed by atoms with Gasteiger partial charge in [-0.05, 0) is 32.6 Å². The van der Waals surface area contributed by atoms with Gasteiger partial charge in [-0.25, -0.2) is 0 Å². The molecule has 0 aromatic heterocycles. The SMILES string of the molecule is CCOP(=O)(OCC)[C@H](C(N)=O)[C@H](O)CCC(C)C. The van der Waals surface area contributed by atoms with E-state index in [1.54, 1.807) is 13.8 Å². The van der Waals surface area contributed by atoms with E-state index in [4.69, 9.17) is 14.8 Å². The van der Waals surface area contributed by atoms with Gasteiger partial charge in [-0.2, -0.15) is 0 Å². The molecule has 0 aliphatic carbocycles. The molecule has 0 aromatic carbocycles. The Bertz CT molecular complexity index is 311. The molecular formula is C12H26NO5P. The highest BCUT2D eigenvalue weighted by Crippen LogP contribution is 2.54. The lowest BCUT2D eigenvalue weighted by atomic mass is 10.0. The largest absolute Gasteiger partial charge is 0.392 e. The molecule has 0 spiro atoms. The molecule has 19 heavy (non-hydrogen) atoms. The molecule has 2 atom stereocenters. The van der Waals surface area contributed by atoms with Crippen molar-refractivity contribution in [3.8, 4) is 0 Å². The second-order valence-corrected chi connectivity index (χ2v) is 6.91. The van der Waals surface area contributed by atoms with Crippen molar-refractivity contribution in [2.45, 2.75) is 52.3 Å². The topological polar surface area (TPSA) is 98.9 Å². The minimum atomic E-state index is -3.73. The highest BCUT2D eigenvalue weighted by molar-refractivity contribution is 7.55. The Morgan fingerprint density at radius 3 is 2.00 bits per heavy atom. The Labute approximate surface area is 115 Å².